The SMILES string of the molecule is CCC(CC)C(=O)/C=C(\O)C(CC)CC.Cc1[c-]c(-c2nc3ccccc3c3c2sc2c(C)cc(C)cc23)cc(C)c1.[Ir]. The molecule has 3 aromatic carbocycles. The summed E-state index contributed by atoms with van der Waals surface area (Å²) in [5.74, 6) is 0.547. The van der Waals surface area contributed by atoms with Crippen LogP contribution in [0.25, 0.3) is 42.3 Å². The Labute approximate surface area is 274 Å². The number of rotatable bonds is 8. The Hall–Kier alpha value is -2.85. The molecule has 0 spiro atoms. The van der Waals surface area contributed by atoms with Gasteiger partial charge in [-0.05, 0) is 57.2 Å². The molecule has 0 bridgehead atoms. The standard InChI is InChI=1S/C25H20NS.C13H24O2.Ir/c1-14-9-15(2)12-18(11-14)23-25-22(19-7-5-6-8-21(19)26-23)20-13-16(3)10-17(4)24(20)27-25;1-5-10(6-2)12(14)9-13(15)11(7-3)8-4;/h5-11,13H,1-4H3;9-11,14H,5-8H2,1-4H3;/q-1;;/b;12-9-;. The number of aliphatic hydroxyl groups excluding tert-OH is 1. The van der Waals surface area contributed by atoms with Gasteiger partial charge in [0.05, 0.1) is 11.3 Å². The van der Waals surface area contributed by atoms with Gasteiger partial charge in [0.25, 0.3) is 0 Å². The second-order valence-corrected chi connectivity index (χ2v) is 12.5. The number of allylic oxidation sites excluding steroid dienone is 2. The average Bonchev–Trinajstić information content (AvgIpc) is 3.34. The fourth-order valence-corrected chi connectivity index (χ4v) is 7.19. The van der Waals surface area contributed by atoms with Gasteiger partial charge in [0.15, 0.2) is 5.78 Å². The number of para-hydroxylation sites is 1. The molecule has 5 heteroatoms. The van der Waals surface area contributed by atoms with E-state index in [1.165, 1.54) is 48.3 Å². The number of hydrogen-bond donors (Lipinski definition) is 1. The molecule has 0 atom stereocenters. The molecule has 0 aliphatic heterocycles. The molecular formula is C38H44IrNO2S-. The summed E-state index contributed by atoms with van der Waals surface area (Å²) >= 11 is 1.86. The number of nitrogens with zero attached hydrogens (tertiary/aromatic N) is 1. The number of aryl methyl sites for hydroxylation is 4. The Morgan fingerprint density at radius 3 is 2.12 bits per heavy atom. The third-order valence-corrected chi connectivity index (χ3v) is 9.57. The van der Waals surface area contributed by atoms with Crippen LogP contribution in [0.2, 0.25) is 0 Å². The zero-order valence-electron chi connectivity index (χ0n) is 26.7. The molecule has 5 rings (SSSR count). The maximum atomic E-state index is 11.7. The van der Waals surface area contributed by atoms with Crippen LogP contribution in [0.1, 0.15) is 75.6 Å². The average molecular weight is 771 g/mol. The molecule has 3 nitrogen and oxygen atoms in total. The topological polar surface area (TPSA) is 50.2 Å². The number of thiophene rings is 1. The van der Waals surface area contributed by atoms with Gasteiger partial charge in [-0.1, -0.05) is 71.4 Å². The van der Waals surface area contributed by atoms with E-state index in [2.05, 4.69) is 82.3 Å². The van der Waals surface area contributed by atoms with Crippen LogP contribution in [-0.2, 0) is 24.9 Å². The minimum atomic E-state index is 0. The second-order valence-electron chi connectivity index (χ2n) is 11.5. The van der Waals surface area contributed by atoms with Gasteiger partial charge in [0.2, 0.25) is 0 Å². The Balaban J connectivity index is 0.000000274. The predicted molar refractivity (Wildman–Crippen MR) is 182 cm³/mol. The van der Waals surface area contributed by atoms with Gasteiger partial charge in [-0.15, -0.1) is 46.2 Å². The first-order chi connectivity index (χ1) is 20.1. The number of hydrogen-bond acceptors (Lipinski definition) is 4. The van der Waals surface area contributed by atoms with Gasteiger partial charge in [0.1, 0.15) is 0 Å². The summed E-state index contributed by atoms with van der Waals surface area (Å²) in [5.41, 5.74) is 8.23. The number of carbonyl (C=O) groups is 1. The zero-order chi connectivity index (χ0) is 30.6. The number of aromatic nitrogens is 1. The quantitative estimate of drug-likeness (QED) is 0.0971. The van der Waals surface area contributed by atoms with Gasteiger partial charge in [-0.25, -0.2) is 0 Å². The van der Waals surface area contributed by atoms with Crippen LogP contribution >= 0.6 is 11.3 Å². The van der Waals surface area contributed by atoms with Gasteiger partial charge in [-0.3, -0.25) is 9.78 Å². The maximum Gasteiger partial charge on any atom is 0.162 e. The number of fused-ring (bicyclic) bond motifs is 5. The van der Waals surface area contributed by atoms with Crippen LogP contribution in [0.15, 0.2) is 60.4 Å². The van der Waals surface area contributed by atoms with Crippen LogP contribution in [0.3, 0.4) is 0 Å². The van der Waals surface area contributed by atoms with Crippen molar-refractivity contribution in [3.05, 3.63) is 88.7 Å². The van der Waals surface area contributed by atoms with Crippen molar-refractivity contribution >= 4 is 48.2 Å². The molecule has 229 valence electrons. The van der Waals surface area contributed by atoms with Gasteiger partial charge >= 0.3 is 0 Å². The maximum absolute atomic E-state index is 11.7. The summed E-state index contributed by atoms with van der Waals surface area (Å²) < 4.78 is 2.62. The molecule has 0 aliphatic rings. The summed E-state index contributed by atoms with van der Waals surface area (Å²) in [6.07, 6.45) is 4.91. The van der Waals surface area contributed by atoms with Crippen LogP contribution in [0.5, 0.6) is 0 Å². The van der Waals surface area contributed by atoms with Crippen LogP contribution in [-0.4, -0.2) is 15.9 Å². The monoisotopic (exact) mass is 771 g/mol. The molecule has 0 fully saturated rings. The Bertz CT molecular complexity index is 1740. The molecular weight excluding hydrogens is 727 g/mol. The largest absolute Gasteiger partial charge is 0.512 e. The van der Waals surface area contributed by atoms with Crippen molar-refractivity contribution in [1.82, 2.24) is 4.98 Å². The van der Waals surface area contributed by atoms with E-state index in [9.17, 15) is 9.90 Å². The van der Waals surface area contributed by atoms with Crippen molar-refractivity contribution in [3.63, 3.8) is 0 Å². The normalized spacial score (nSPS) is 11.7. The predicted octanol–water partition coefficient (Wildman–Crippen LogP) is 11.2. The van der Waals surface area contributed by atoms with Crippen LogP contribution < -0.4 is 0 Å². The van der Waals surface area contributed by atoms with E-state index in [1.54, 1.807) is 0 Å². The minimum Gasteiger partial charge on any atom is -0.512 e. The molecule has 0 saturated heterocycles. The van der Waals surface area contributed by atoms with E-state index < -0.39 is 0 Å². The first-order valence-corrected chi connectivity index (χ1v) is 16.1. The van der Waals surface area contributed by atoms with Gasteiger partial charge in [0, 0.05) is 69.3 Å². The Morgan fingerprint density at radius 1 is 0.860 bits per heavy atom. The van der Waals surface area contributed by atoms with E-state index in [1.807, 2.05) is 39.0 Å². The number of benzene rings is 3. The van der Waals surface area contributed by atoms with Crippen molar-refractivity contribution < 1.29 is 30.0 Å². The molecule has 0 amide bonds. The second kappa shape index (κ2) is 15.2. The molecule has 1 N–H and O–H groups in total. The summed E-state index contributed by atoms with van der Waals surface area (Å²) in [6.45, 7) is 16.7. The van der Waals surface area contributed by atoms with Gasteiger partial charge < -0.3 is 5.11 Å². The number of ketones is 1. The molecule has 5 aromatic rings. The fourth-order valence-electron chi connectivity index (χ4n) is 5.92. The number of pyridine rings is 1. The van der Waals surface area contributed by atoms with Crippen molar-refractivity contribution in [2.45, 2.75) is 81.1 Å². The van der Waals surface area contributed by atoms with Gasteiger partial charge in [-0.2, -0.15) is 0 Å². The zero-order valence-corrected chi connectivity index (χ0v) is 29.9. The summed E-state index contributed by atoms with van der Waals surface area (Å²) in [6, 6.07) is 21.0. The molecule has 1 radical (unpaired) electrons. The van der Waals surface area contributed by atoms with Crippen molar-refractivity contribution in [3.8, 4) is 11.3 Å². The molecule has 0 unspecified atom stereocenters. The Kier molecular flexibility index (Phi) is 12.3. The Morgan fingerprint density at radius 2 is 1.49 bits per heavy atom. The third kappa shape index (κ3) is 7.63. The van der Waals surface area contributed by atoms with Crippen molar-refractivity contribution in [2.24, 2.45) is 11.8 Å². The molecule has 0 saturated carbocycles. The molecule has 2 heterocycles. The molecule has 0 aliphatic carbocycles. The fraction of sp³-hybridized carbons (Fsp3) is 0.368. The molecule has 2 aromatic heterocycles. The first-order valence-electron chi connectivity index (χ1n) is 15.3. The summed E-state index contributed by atoms with van der Waals surface area (Å²) in [4.78, 5) is 16.8. The number of aliphatic hydroxyl groups is 1. The summed E-state index contributed by atoms with van der Waals surface area (Å²) in [7, 11) is 0. The van der Waals surface area contributed by atoms with Crippen LogP contribution in [0, 0.1) is 45.6 Å². The van der Waals surface area contributed by atoms with E-state index in [4.69, 9.17) is 4.98 Å². The van der Waals surface area contributed by atoms with Crippen molar-refractivity contribution in [2.75, 3.05) is 0 Å². The minimum absolute atomic E-state index is 0. The van der Waals surface area contributed by atoms with E-state index >= 15 is 0 Å². The third-order valence-electron chi connectivity index (χ3n) is 8.23. The van der Waals surface area contributed by atoms with E-state index in [0.717, 1.165) is 48.0 Å². The van der Waals surface area contributed by atoms with Crippen LogP contribution in [0.4, 0.5) is 0 Å². The van der Waals surface area contributed by atoms with Crippen molar-refractivity contribution in [1.29, 1.82) is 0 Å². The summed E-state index contributed by atoms with van der Waals surface area (Å²) in [5, 5.41) is 13.7. The first kappa shape index (κ1) is 34.6. The number of carbonyl (C=O) groups excluding carboxylic acids is 1. The van der Waals surface area contributed by atoms with E-state index in [0.29, 0.717) is 0 Å². The van der Waals surface area contributed by atoms with E-state index in [-0.39, 0.29) is 43.5 Å². The molecule has 43 heavy (non-hydrogen) atoms. The smallest absolute Gasteiger partial charge is 0.162 e.